The van der Waals surface area contributed by atoms with E-state index in [1.54, 1.807) is 0 Å². The predicted octanol–water partition coefficient (Wildman–Crippen LogP) is 2.84. The Morgan fingerprint density at radius 1 is 0.920 bits per heavy atom. The van der Waals surface area contributed by atoms with Gasteiger partial charge in [0.15, 0.2) is 0 Å². The number of aliphatic hydroxyl groups is 2. The molecule has 0 unspecified atom stereocenters. The summed E-state index contributed by atoms with van der Waals surface area (Å²) >= 11 is 0. The van der Waals surface area contributed by atoms with E-state index < -0.39 is 5.54 Å². The molecule has 3 N–H and O–H groups in total. The van der Waals surface area contributed by atoms with Gasteiger partial charge in [-0.2, -0.15) is 0 Å². The third-order valence-corrected chi connectivity index (χ3v) is 4.71. The summed E-state index contributed by atoms with van der Waals surface area (Å²) in [6.45, 7) is 2.87. The van der Waals surface area contributed by atoms with E-state index in [-0.39, 0.29) is 19.8 Å². The fraction of sp³-hybridized carbons (Fsp3) is 0.333. The second-order valence-electron chi connectivity index (χ2n) is 6.38. The first-order chi connectivity index (χ1) is 12.2. The van der Waals surface area contributed by atoms with Crippen molar-refractivity contribution in [2.24, 2.45) is 0 Å². The Bertz CT molecular complexity index is 789. The summed E-state index contributed by atoms with van der Waals surface area (Å²) in [6.07, 6.45) is 0. The van der Waals surface area contributed by atoms with Gasteiger partial charge in [-0.1, -0.05) is 48.5 Å². The van der Waals surface area contributed by atoms with Crippen molar-refractivity contribution in [1.29, 1.82) is 0 Å². The molecule has 3 aromatic rings. The van der Waals surface area contributed by atoms with Gasteiger partial charge in [0, 0.05) is 13.2 Å². The number of rotatable bonds is 8. The number of fused-ring (bicyclic) bond motifs is 2. The maximum atomic E-state index is 9.81. The largest absolute Gasteiger partial charge is 0.394 e. The normalized spacial score (nSPS) is 12.1. The molecule has 25 heavy (non-hydrogen) atoms. The number of benzene rings is 3. The van der Waals surface area contributed by atoms with Crippen LogP contribution in [0.4, 0.5) is 0 Å². The Morgan fingerprint density at radius 3 is 2.00 bits per heavy atom. The van der Waals surface area contributed by atoms with Gasteiger partial charge in [0.25, 0.3) is 0 Å². The Morgan fingerprint density at radius 2 is 1.48 bits per heavy atom. The highest BCUT2D eigenvalue weighted by molar-refractivity contribution is 6.02. The molecule has 0 atom stereocenters. The van der Waals surface area contributed by atoms with E-state index in [0.717, 1.165) is 5.56 Å². The number of hydrogen-bond acceptors (Lipinski definition) is 4. The van der Waals surface area contributed by atoms with E-state index >= 15 is 0 Å². The van der Waals surface area contributed by atoms with Gasteiger partial charge in [-0.15, -0.1) is 0 Å². The quantitative estimate of drug-likeness (QED) is 0.552. The van der Waals surface area contributed by atoms with Gasteiger partial charge in [-0.05, 0) is 40.1 Å². The van der Waals surface area contributed by atoms with Crippen LogP contribution in [-0.2, 0) is 11.3 Å². The molecule has 0 fully saturated rings. The van der Waals surface area contributed by atoms with Crippen molar-refractivity contribution in [2.75, 3.05) is 26.4 Å². The molecular weight excluding hydrogens is 314 g/mol. The fourth-order valence-electron chi connectivity index (χ4n) is 3.18. The van der Waals surface area contributed by atoms with Crippen LogP contribution in [0.3, 0.4) is 0 Å². The van der Waals surface area contributed by atoms with Crippen molar-refractivity contribution >= 4 is 21.5 Å². The first-order valence-corrected chi connectivity index (χ1v) is 8.67. The lowest BCUT2D eigenvalue weighted by atomic mass is 9.95. The van der Waals surface area contributed by atoms with Crippen molar-refractivity contribution in [3.05, 3.63) is 60.2 Å². The molecule has 0 heterocycles. The first kappa shape index (κ1) is 17.8. The molecule has 0 aliphatic rings. The zero-order valence-corrected chi connectivity index (χ0v) is 14.5. The minimum Gasteiger partial charge on any atom is -0.394 e. The number of nitrogens with one attached hydrogen (secondary N) is 1. The molecule has 0 aliphatic heterocycles. The zero-order chi connectivity index (χ0) is 17.7. The Kier molecular flexibility index (Phi) is 5.66. The van der Waals surface area contributed by atoms with Crippen LogP contribution in [0.25, 0.3) is 21.5 Å². The topological polar surface area (TPSA) is 61.7 Å². The predicted molar refractivity (Wildman–Crippen MR) is 102 cm³/mol. The van der Waals surface area contributed by atoms with E-state index in [1.807, 2.05) is 31.2 Å². The van der Waals surface area contributed by atoms with Gasteiger partial charge in [0.1, 0.15) is 0 Å². The van der Waals surface area contributed by atoms with Crippen molar-refractivity contribution in [2.45, 2.75) is 19.0 Å². The van der Waals surface area contributed by atoms with Gasteiger partial charge < -0.3 is 20.3 Å². The Hall–Kier alpha value is -1.98. The number of hydrogen-bond donors (Lipinski definition) is 3. The molecule has 0 saturated carbocycles. The molecule has 0 aromatic heterocycles. The summed E-state index contributed by atoms with van der Waals surface area (Å²) in [5.74, 6) is 0. The van der Waals surface area contributed by atoms with Gasteiger partial charge in [0.2, 0.25) is 0 Å². The van der Waals surface area contributed by atoms with E-state index in [1.165, 1.54) is 21.5 Å². The molecule has 0 aliphatic carbocycles. The highest BCUT2D eigenvalue weighted by Gasteiger charge is 2.28. The number of aliphatic hydroxyl groups excluding tert-OH is 2. The summed E-state index contributed by atoms with van der Waals surface area (Å²) in [6, 6.07) is 18.8. The molecule has 0 bridgehead atoms. The zero-order valence-electron chi connectivity index (χ0n) is 14.5. The van der Waals surface area contributed by atoms with Crippen molar-refractivity contribution < 1.29 is 14.9 Å². The van der Waals surface area contributed by atoms with Crippen LogP contribution in [0.1, 0.15) is 12.5 Å². The van der Waals surface area contributed by atoms with Gasteiger partial charge in [0.05, 0.1) is 25.4 Å². The monoisotopic (exact) mass is 339 g/mol. The minimum absolute atomic E-state index is 0.188. The van der Waals surface area contributed by atoms with Crippen molar-refractivity contribution in [3.63, 3.8) is 0 Å². The Labute approximate surface area is 148 Å². The molecule has 4 nitrogen and oxygen atoms in total. The van der Waals surface area contributed by atoms with Gasteiger partial charge in [-0.3, -0.25) is 0 Å². The van der Waals surface area contributed by atoms with E-state index in [9.17, 15) is 10.2 Å². The third kappa shape index (κ3) is 3.67. The summed E-state index contributed by atoms with van der Waals surface area (Å²) in [5, 5.41) is 27.7. The lowest BCUT2D eigenvalue weighted by Gasteiger charge is -2.31. The van der Waals surface area contributed by atoms with Crippen LogP contribution in [0.15, 0.2) is 54.6 Å². The summed E-state index contributed by atoms with van der Waals surface area (Å²) < 4.78 is 5.46. The van der Waals surface area contributed by atoms with E-state index in [2.05, 4.69) is 35.6 Å². The minimum atomic E-state index is -0.853. The highest BCUT2D eigenvalue weighted by atomic mass is 16.5. The van der Waals surface area contributed by atoms with Crippen LogP contribution in [0.2, 0.25) is 0 Å². The maximum absolute atomic E-state index is 9.81. The second kappa shape index (κ2) is 7.93. The van der Waals surface area contributed by atoms with Crippen LogP contribution < -0.4 is 5.32 Å². The van der Waals surface area contributed by atoms with Crippen molar-refractivity contribution in [3.8, 4) is 0 Å². The molecule has 3 aromatic carbocycles. The molecule has 0 radical (unpaired) electrons. The summed E-state index contributed by atoms with van der Waals surface area (Å²) in [5.41, 5.74) is 0.310. The maximum Gasteiger partial charge on any atom is 0.0887 e. The van der Waals surface area contributed by atoms with Crippen LogP contribution >= 0.6 is 0 Å². The lowest BCUT2D eigenvalue weighted by Crippen LogP contribution is -2.55. The molecule has 0 saturated heterocycles. The molecule has 132 valence electrons. The van der Waals surface area contributed by atoms with Crippen LogP contribution in [0, 0.1) is 0 Å². The molecule has 3 rings (SSSR count). The second-order valence-corrected chi connectivity index (χ2v) is 6.38. The molecular formula is C21H25NO3. The van der Waals surface area contributed by atoms with Crippen molar-refractivity contribution in [1.82, 2.24) is 5.32 Å². The lowest BCUT2D eigenvalue weighted by molar-refractivity contribution is 0.00762. The van der Waals surface area contributed by atoms with Gasteiger partial charge in [-0.25, -0.2) is 0 Å². The smallest absolute Gasteiger partial charge is 0.0887 e. The van der Waals surface area contributed by atoms with Crippen LogP contribution in [0.5, 0.6) is 0 Å². The summed E-state index contributed by atoms with van der Waals surface area (Å²) in [7, 11) is 0. The SMILES string of the molecule is CCOCC(CO)(CO)NCc1c2ccccc2cc2ccccc12. The molecule has 4 heteroatoms. The van der Waals surface area contributed by atoms with E-state index in [4.69, 9.17) is 4.74 Å². The first-order valence-electron chi connectivity index (χ1n) is 8.67. The fourth-order valence-corrected chi connectivity index (χ4v) is 3.18. The van der Waals surface area contributed by atoms with Gasteiger partial charge >= 0.3 is 0 Å². The van der Waals surface area contributed by atoms with E-state index in [0.29, 0.717) is 13.2 Å². The standard InChI is InChI=1S/C21H25NO3/c1-2-25-15-21(13-23,14-24)22-12-20-18-9-5-3-7-16(18)11-17-8-4-6-10-19(17)20/h3-11,22-24H,2,12-15H2,1H3. The van der Waals surface area contributed by atoms with Crippen LogP contribution in [-0.4, -0.2) is 42.2 Å². The summed E-state index contributed by atoms with van der Waals surface area (Å²) in [4.78, 5) is 0. The molecule has 0 spiro atoms. The number of ether oxygens (including phenoxy) is 1. The third-order valence-electron chi connectivity index (χ3n) is 4.71. The molecule has 0 amide bonds. The average molecular weight is 339 g/mol. The Balaban J connectivity index is 2.01. The highest BCUT2D eigenvalue weighted by Crippen LogP contribution is 2.28. The average Bonchev–Trinajstić information content (AvgIpc) is 2.67.